The number of nitrogens with two attached hydrogens (primary N) is 1. The molecule has 4 rings (SSSR count). The van der Waals surface area contributed by atoms with Crippen molar-refractivity contribution in [3.05, 3.63) is 102 Å². The van der Waals surface area contributed by atoms with E-state index in [0.29, 0.717) is 32.5 Å². The molecule has 0 spiro atoms. The molecule has 1 saturated heterocycles. The Balaban J connectivity index is 1.42. The van der Waals surface area contributed by atoms with Crippen molar-refractivity contribution in [2.75, 3.05) is 26.2 Å². The van der Waals surface area contributed by atoms with Gasteiger partial charge >= 0.3 is 0 Å². The second kappa shape index (κ2) is 14.1. The number of aliphatic hydroxyl groups is 1. The molecule has 2 amide bonds. The van der Waals surface area contributed by atoms with Crippen LogP contribution < -0.4 is 11.1 Å². The molecule has 3 aromatic rings. The van der Waals surface area contributed by atoms with Crippen LogP contribution >= 0.6 is 0 Å². The van der Waals surface area contributed by atoms with Crippen LogP contribution in [0.25, 0.3) is 0 Å². The van der Waals surface area contributed by atoms with Gasteiger partial charge in [0.05, 0.1) is 12.6 Å². The summed E-state index contributed by atoms with van der Waals surface area (Å²) in [5.41, 5.74) is 9.26. The van der Waals surface area contributed by atoms with Crippen molar-refractivity contribution in [1.82, 2.24) is 15.1 Å². The first-order valence-electron chi connectivity index (χ1n) is 13.9. The molecule has 0 radical (unpaired) electrons. The molecule has 0 unspecified atom stereocenters. The van der Waals surface area contributed by atoms with Gasteiger partial charge in [-0.25, -0.2) is 0 Å². The first-order chi connectivity index (χ1) is 19.3. The average molecular weight is 545 g/mol. The third-order valence-electron chi connectivity index (χ3n) is 7.61. The highest BCUT2D eigenvalue weighted by molar-refractivity contribution is 5.89. The summed E-state index contributed by atoms with van der Waals surface area (Å²) < 4.78 is 0. The van der Waals surface area contributed by atoms with Crippen LogP contribution in [0.1, 0.15) is 23.6 Å². The topological polar surface area (TPSA) is 119 Å². The number of phenols is 1. The van der Waals surface area contributed by atoms with Gasteiger partial charge in [0.25, 0.3) is 0 Å². The van der Waals surface area contributed by atoms with Gasteiger partial charge in [0, 0.05) is 31.7 Å². The van der Waals surface area contributed by atoms with E-state index in [4.69, 9.17) is 5.73 Å². The number of nitrogens with one attached hydrogen (secondary N) is 1. The van der Waals surface area contributed by atoms with E-state index in [1.54, 1.807) is 31.2 Å². The number of nitrogens with zero attached hydrogens (tertiary/aromatic N) is 2. The van der Waals surface area contributed by atoms with Gasteiger partial charge in [0.2, 0.25) is 11.8 Å². The minimum absolute atomic E-state index is 0.0340. The summed E-state index contributed by atoms with van der Waals surface area (Å²) >= 11 is 0. The summed E-state index contributed by atoms with van der Waals surface area (Å²) in [7, 11) is 0. The molecule has 1 aliphatic rings. The van der Waals surface area contributed by atoms with Crippen LogP contribution in [0.2, 0.25) is 0 Å². The maximum Gasteiger partial charge on any atom is 0.245 e. The highest BCUT2D eigenvalue weighted by Gasteiger charge is 2.35. The van der Waals surface area contributed by atoms with Crippen LogP contribution in [0.5, 0.6) is 5.75 Å². The van der Waals surface area contributed by atoms with Gasteiger partial charge in [-0.2, -0.15) is 0 Å². The predicted octanol–water partition coefficient (Wildman–Crippen LogP) is 2.13. The Morgan fingerprint density at radius 2 is 1.50 bits per heavy atom. The van der Waals surface area contributed by atoms with E-state index in [1.807, 2.05) is 41.3 Å². The Kier molecular flexibility index (Phi) is 10.3. The van der Waals surface area contributed by atoms with Gasteiger partial charge in [-0.05, 0) is 55.0 Å². The monoisotopic (exact) mass is 544 g/mol. The zero-order chi connectivity index (χ0) is 28.5. The predicted molar refractivity (Wildman–Crippen MR) is 156 cm³/mol. The van der Waals surface area contributed by atoms with Crippen LogP contribution in [-0.2, 0) is 28.9 Å². The maximum absolute atomic E-state index is 13.7. The minimum Gasteiger partial charge on any atom is -0.508 e. The number of piperazine rings is 1. The fourth-order valence-electron chi connectivity index (χ4n) is 5.37. The number of aliphatic hydroxyl groups excluding tert-OH is 1. The molecule has 0 saturated carbocycles. The Bertz CT molecular complexity index is 1220. The number of hydrogen-bond donors (Lipinski definition) is 4. The fourth-order valence-corrected chi connectivity index (χ4v) is 5.37. The summed E-state index contributed by atoms with van der Waals surface area (Å²) in [4.78, 5) is 30.7. The van der Waals surface area contributed by atoms with Crippen molar-refractivity contribution in [2.45, 2.75) is 50.4 Å². The van der Waals surface area contributed by atoms with Crippen LogP contribution in [0, 0.1) is 0 Å². The number of amides is 2. The molecule has 0 aliphatic carbocycles. The van der Waals surface area contributed by atoms with Crippen molar-refractivity contribution in [2.24, 2.45) is 5.73 Å². The fraction of sp³-hybridized carbons (Fsp3) is 0.375. The molecule has 1 aliphatic heterocycles. The smallest absolute Gasteiger partial charge is 0.245 e. The Labute approximate surface area is 236 Å². The molecule has 4 atom stereocenters. The number of carbonyl (C=O) groups is 2. The van der Waals surface area contributed by atoms with E-state index in [-0.39, 0.29) is 30.3 Å². The van der Waals surface area contributed by atoms with Gasteiger partial charge in [-0.1, -0.05) is 72.8 Å². The zero-order valence-electron chi connectivity index (χ0n) is 23.0. The average Bonchev–Trinajstić information content (AvgIpc) is 2.97. The van der Waals surface area contributed by atoms with Crippen LogP contribution in [0.4, 0.5) is 0 Å². The van der Waals surface area contributed by atoms with E-state index >= 15 is 0 Å². The van der Waals surface area contributed by atoms with Gasteiger partial charge in [0.15, 0.2) is 0 Å². The van der Waals surface area contributed by atoms with Crippen LogP contribution in [-0.4, -0.2) is 82.2 Å². The standard InChI is InChI=1S/C32H40N4O4/c1-23(34-31(39)30(33)20-26-12-14-29(38)15-13-26)32(40)36-17-16-35(21-27(36)18-24-8-4-2-5-9-24)28(22-37)19-25-10-6-3-7-11-25/h2-15,23,27-28,30,37-38H,16-22,33H2,1H3,(H,34,39)/t23-,27+,28+,30+/m1/s1. The van der Waals surface area contributed by atoms with Gasteiger partial charge in [0.1, 0.15) is 11.8 Å². The van der Waals surface area contributed by atoms with Crippen molar-refractivity contribution < 1.29 is 19.8 Å². The van der Waals surface area contributed by atoms with Crippen molar-refractivity contribution in [3.8, 4) is 5.75 Å². The molecular formula is C32H40N4O4. The summed E-state index contributed by atoms with van der Waals surface area (Å²) in [6.45, 7) is 3.49. The second-order valence-corrected chi connectivity index (χ2v) is 10.6. The molecule has 212 valence electrons. The third-order valence-corrected chi connectivity index (χ3v) is 7.61. The highest BCUT2D eigenvalue weighted by Crippen LogP contribution is 2.20. The minimum atomic E-state index is -0.819. The van der Waals surface area contributed by atoms with Crippen molar-refractivity contribution >= 4 is 11.8 Å². The van der Waals surface area contributed by atoms with E-state index in [1.165, 1.54) is 5.56 Å². The van der Waals surface area contributed by atoms with E-state index in [2.05, 4.69) is 34.5 Å². The number of carbonyl (C=O) groups excluding carboxylic acids is 2. The van der Waals surface area contributed by atoms with Crippen LogP contribution in [0.3, 0.4) is 0 Å². The maximum atomic E-state index is 13.7. The summed E-state index contributed by atoms with van der Waals surface area (Å²) in [5, 5.41) is 22.5. The van der Waals surface area contributed by atoms with Crippen molar-refractivity contribution in [1.29, 1.82) is 0 Å². The lowest BCUT2D eigenvalue weighted by Gasteiger charge is -2.45. The number of rotatable bonds is 11. The molecule has 8 heteroatoms. The van der Waals surface area contributed by atoms with E-state index in [0.717, 1.165) is 17.5 Å². The number of phenolic OH excluding ortho intramolecular Hbond substituents is 1. The van der Waals surface area contributed by atoms with E-state index in [9.17, 15) is 19.8 Å². The highest BCUT2D eigenvalue weighted by atomic mass is 16.3. The molecule has 3 aromatic carbocycles. The zero-order valence-corrected chi connectivity index (χ0v) is 23.0. The molecule has 0 bridgehead atoms. The lowest BCUT2D eigenvalue weighted by Crippen LogP contribution is -2.62. The van der Waals surface area contributed by atoms with Crippen molar-refractivity contribution in [3.63, 3.8) is 0 Å². The van der Waals surface area contributed by atoms with Gasteiger partial charge in [-0.3, -0.25) is 14.5 Å². The normalized spacial score (nSPS) is 18.1. The lowest BCUT2D eigenvalue weighted by molar-refractivity contribution is -0.141. The Morgan fingerprint density at radius 3 is 2.12 bits per heavy atom. The lowest BCUT2D eigenvalue weighted by atomic mass is 9.98. The molecule has 0 aromatic heterocycles. The van der Waals surface area contributed by atoms with Crippen LogP contribution in [0.15, 0.2) is 84.9 Å². The third kappa shape index (κ3) is 7.91. The second-order valence-electron chi connectivity index (χ2n) is 10.6. The SMILES string of the molecule is C[C@@H](NC(=O)[C@@H](N)Cc1ccc(O)cc1)C(=O)N1CCN([C@H](CO)Cc2ccccc2)C[C@@H]1Cc1ccccc1. The first-order valence-corrected chi connectivity index (χ1v) is 13.9. The number of hydrogen-bond acceptors (Lipinski definition) is 6. The molecule has 1 fully saturated rings. The molecule has 1 heterocycles. The van der Waals surface area contributed by atoms with Gasteiger partial charge in [-0.15, -0.1) is 0 Å². The number of aromatic hydroxyl groups is 1. The van der Waals surface area contributed by atoms with Gasteiger partial charge < -0.3 is 26.2 Å². The summed E-state index contributed by atoms with van der Waals surface area (Å²) in [6, 6.07) is 25.1. The molecular weight excluding hydrogens is 504 g/mol. The quantitative estimate of drug-likeness (QED) is 0.294. The largest absolute Gasteiger partial charge is 0.508 e. The first kappa shape index (κ1) is 29.3. The molecule has 5 N–H and O–H groups in total. The summed E-state index contributed by atoms with van der Waals surface area (Å²) in [5.74, 6) is -0.388. The van der Waals surface area contributed by atoms with E-state index < -0.39 is 18.0 Å². The Hall–Kier alpha value is -3.72. The Morgan fingerprint density at radius 1 is 0.900 bits per heavy atom. The summed E-state index contributed by atoms with van der Waals surface area (Å²) in [6.07, 6.45) is 1.70. The number of benzene rings is 3. The molecule has 8 nitrogen and oxygen atoms in total. The molecule has 40 heavy (non-hydrogen) atoms.